The maximum absolute atomic E-state index is 13.7. The molecule has 0 saturated heterocycles. The third-order valence-electron chi connectivity index (χ3n) is 2.69. The summed E-state index contributed by atoms with van der Waals surface area (Å²) in [5, 5.41) is 6.75. The molecule has 2 N–H and O–H groups in total. The summed E-state index contributed by atoms with van der Waals surface area (Å²) in [5.41, 5.74) is 0.507. The van der Waals surface area contributed by atoms with Crippen molar-refractivity contribution < 1.29 is 9.13 Å². The molecule has 1 aromatic heterocycles. The van der Waals surface area contributed by atoms with E-state index in [4.69, 9.17) is 27.9 Å². The summed E-state index contributed by atoms with van der Waals surface area (Å²) in [5.74, 6) is 0.602. The van der Waals surface area contributed by atoms with Gasteiger partial charge in [0, 0.05) is 18.3 Å². The molecule has 21 heavy (non-hydrogen) atoms. The standard InChI is InChI=1S/C14H14Cl2FN3O/c1-3-18-13-9(15)7-10(16)14(20-13)19-8-4-5-12(21-2)11(17)6-8/h4-7H,3H2,1-2H3,(H2,18,19,20). The Morgan fingerprint density at radius 3 is 2.52 bits per heavy atom. The van der Waals surface area contributed by atoms with E-state index in [1.807, 2.05) is 6.92 Å². The summed E-state index contributed by atoms with van der Waals surface area (Å²) in [6.45, 7) is 2.60. The molecule has 7 heteroatoms. The van der Waals surface area contributed by atoms with Crippen molar-refractivity contribution in [2.75, 3.05) is 24.3 Å². The third-order valence-corrected chi connectivity index (χ3v) is 3.26. The molecule has 0 saturated carbocycles. The molecule has 2 rings (SSSR count). The van der Waals surface area contributed by atoms with Crippen LogP contribution in [0.2, 0.25) is 10.0 Å². The first-order valence-corrected chi connectivity index (χ1v) is 7.01. The van der Waals surface area contributed by atoms with Crippen LogP contribution in [-0.4, -0.2) is 18.6 Å². The van der Waals surface area contributed by atoms with Crippen LogP contribution in [0.4, 0.5) is 21.7 Å². The van der Waals surface area contributed by atoms with Crippen LogP contribution in [0, 0.1) is 5.82 Å². The molecule has 0 aliphatic rings. The number of methoxy groups -OCH3 is 1. The second kappa shape index (κ2) is 6.83. The lowest BCUT2D eigenvalue weighted by molar-refractivity contribution is 0.386. The summed E-state index contributed by atoms with van der Waals surface area (Å²) in [4.78, 5) is 4.29. The van der Waals surface area contributed by atoms with Gasteiger partial charge in [0.2, 0.25) is 0 Å². The fourth-order valence-corrected chi connectivity index (χ4v) is 2.20. The van der Waals surface area contributed by atoms with Gasteiger partial charge in [-0.2, -0.15) is 0 Å². The second-order valence-corrected chi connectivity index (χ2v) is 4.97. The maximum Gasteiger partial charge on any atom is 0.167 e. The summed E-state index contributed by atoms with van der Waals surface area (Å²) >= 11 is 12.1. The lowest BCUT2D eigenvalue weighted by Gasteiger charge is -2.12. The van der Waals surface area contributed by atoms with E-state index in [-0.39, 0.29) is 5.75 Å². The predicted octanol–water partition coefficient (Wildman–Crippen LogP) is 4.71. The molecule has 0 unspecified atom stereocenters. The van der Waals surface area contributed by atoms with Gasteiger partial charge in [0.1, 0.15) is 5.82 Å². The Morgan fingerprint density at radius 2 is 1.90 bits per heavy atom. The Morgan fingerprint density at radius 1 is 1.19 bits per heavy atom. The minimum absolute atomic E-state index is 0.170. The van der Waals surface area contributed by atoms with Crippen LogP contribution < -0.4 is 15.4 Å². The highest BCUT2D eigenvalue weighted by Crippen LogP contribution is 2.31. The number of pyridine rings is 1. The van der Waals surface area contributed by atoms with E-state index in [1.54, 1.807) is 12.1 Å². The van der Waals surface area contributed by atoms with Crippen LogP contribution in [0.15, 0.2) is 24.3 Å². The van der Waals surface area contributed by atoms with E-state index in [1.165, 1.54) is 19.2 Å². The van der Waals surface area contributed by atoms with E-state index < -0.39 is 5.82 Å². The molecule has 0 amide bonds. The number of halogens is 3. The number of benzene rings is 1. The summed E-state index contributed by atoms with van der Waals surface area (Å²) in [6, 6.07) is 6.07. The molecular weight excluding hydrogens is 316 g/mol. The van der Waals surface area contributed by atoms with Gasteiger partial charge in [-0.25, -0.2) is 9.37 Å². The van der Waals surface area contributed by atoms with Crippen molar-refractivity contribution in [3.05, 3.63) is 40.1 Å². The molecule has 0 aliphatic carbocycles. The minimum Gasteiger partial charge on any atom is -0.494 e. The van der Waals surface area contributed by atoms with Gasteiger partial charge in [-0.3, -0.25) is 0 Å². The predicted molar refractivity (Wildman–Crippen MR) is 84.7 cm³/mol. The number of aromatic nitrogens is 1. The van der Waals surface area contributed by atoms with Crippen molar-refractivity contribution in [2.45, 2.75) is 6.92 Å². The lowest BCUT2D eigenvalue weighted by atomic mass is 10.3. The summed E-state index contributed by atoms with van der Waals surface area (Å²) in [7, 11) is 1.41. The topological polar surface area (TPSA) is 46.2 Å². The van der Waals surface area contributed by atoms with Gasteiger partial charge in [-0.1, -0.05) is 23.2 Å². The quantitative estimate of drug-likeness (QED) is 0.833. The second-order valence-electron chi connectivity index (χ2n) is 4.15. The van der Waals surface area contributed by atoms with Crippen LogP contribution in [0.1, 0.15) is 6.92 Å². The van der Waals surface area contributed by atoms with Gasteiger partial charge in [-0.05, 0) is 25.1 Å². The monoisotopic (exact) mass is 329 g/mol. The largest absolute Gasteiger partial charge is 0.494 e. The van der Waals surface area contributed by atoms with E-state index in [9.17, 15) is 4.39 Å². The Balaban J connectivity index is 2.30. The third kappa shape index (κ3) is 3.68. The van der Waals surface area contributed by atoms with Crippen LogP contribution in [-0.2, 0) is 0 Å². The molecule has 0 spiro atoms. The Bertz CT molecular complexity index is 652. The number of hydrogen-bond acceptors (Lipinski definition) is 4. The van der Waals surface area contributed by atoms with E-state index in [0.717, 1.165) is 0 Å². The van der Waals surface area contributed by atoms with Gasteiger partial charge in [0.15, 0.2) is 17.4 Å². The molecule has 0 radical (unpaired) electrons. The van der Waals surface area contributed by atoms with Crippen molar-refractivity contribution in [1.82, 2.24) is 4.98 Å². The maximum atomic E-state index is 13.7. The van der Waals surface area contributed by atoms with Gasteiger partial charge in [0.25, 0.3) is 0 Å². The molecule has 0 aliphatic heterocycles. The highest BCUT2D eigenvalue weighted by molar-refractivity contribution is 6.37. The fourth-order valence-electron chi connectivity index (χ4n) is 1.73. The molecule has 0 fully saturated rings. The Labute approximate surface area is 132 Å². The average molecular weight is 330 g/mol. The molecule has 0 atom stereocenters. The first-order valence-electron chi connectivity index (χ1n) is 6.25. The zero-order chi connectivity index (χ0) is 15.4. The highest BCUT2D eigenvalue weighted by Gasteiger charge is 2.10. The summed E-state index contributed by atoms with van der Waals surface area (Å²) < 4.78 is 18.5. The van der Waals surface area contributed by atoms with Crippen LogP contribution in [0.25, 0.3) is 0 Å². The smallest absolute Gasteiger partial charge is 0.167 e. The molecule has 0 bridgehead atoms. The van der Waals surface area contributed by atoms with Gasteiger partial charge >= 0.3 is 0 Å². The Hall–Kier alpha value is -1.72. The number of nitrogens with zero attached hydrogens (tertiary/aromatic N) is 1. The van der Waals surface area contributed by atoms with Gasteiger partial charge in [0.05, 0.1) is 17.2 Å². The van der Waals surface area contributed by atoms with E-state index in [0.29, 0.717) is 33.9 Å². The number of anilines is 3. The molecule has 1 heterocycles. The normalized spacial score (nSPS) is 10.3. The number of ether oxygens (including phenoxy) is 1. The van der Waals surface area contributed by atoms with Crippen molar-refractivity contribution in [1.29, 1.82) is 0 Å². The van der Waals surface area contributed by atoms with Crippen molar-refractivity contribution in [2.24, 2.45) is 0 Å². The van der Waals surface area contributed by atoms with Crippen molar-refractivity contribution in [3.63, 3.8) is 0 Å². The minimum atomic E-state index is -0.473. The fraction of sp³-hybridized carbons (Fsp3) is 0.214. The Kier molecular flexibility index (Phi) is 5.09. The van der Waals surface area contributed by atoms with Crippen LogP contribution >= 0.6 is 23.2 Å². The molecular formula is C14H14Cl2FN3O. The zero-order valence-electron chi connectivity index (χ0n) is 11.5. The molecule has 4 nitrogen and oxygen atoms in total. The highest BCUT2D eigenvalue weighted by atomic mass is 35.5. The first-order chi connectivity index (χ1) is 10.0. The number of hydrogen-bond donors (Lipinski definition) is 2. The van der Waals surface area contributed by atoms with Gasteiger partial charge in [-0.15, -0.1) is 0 Å². The van der Waals surface area contributed by atoms with Crippen LogP contribution in [0.5, 0.6) is 5.75 Å². The first kappa shape index (κ1) is 15.7. The molecule has 2 aromatic rings. The van der Waals surface area contributed by atoms with Gasteiger partial charge < -0.3 is 15.4 Å². The lowest BCUT2D eigenvalue weighted by Crippen LogP contribution is -2.03. The number of nitrogens with one attached hydrogen (secondary N) is 2. The average Bonchev–Trinajstić information content (AvgIpc) is 2.44. The van der Waals surface area contributed by atoms with E-state index >= 15 is 0 Å². The SMILES string of the molecule is CCNc1nc(Nc2ccc(OC)c(F)c2)c(Cl)cc1Cl. The molecule has 1 aromatic carbocycles. The number of rotatable bonds is 5. The summed E-state index contributed by atoms with van der Waals surface area (Å²) in [6.07, 6.45) is 0. The van der Waals surface area contributed by atoms with Crippen molar-refractivity contribution >= 4 is 40.5 Å². The molecule has 112 valence electrons. The van der Waals surface area contributed by atoms with Crippen LogP contribution in [0.3, 0.4) is 0 Å². The zero-order valence-corrected chi connectivity index (χ0v) is 13.0. The van der Waals surface area contributed by atoms with Crippen molar-refractivity contribution in [3.8, 4) is 5.75 Å². The van der Waals surface area contributed by atoms with E-state index in [2.05, 4.69) is 15.6 Å².